The Hall–Kier alpha value is -6.42. The van der Waals surface area contributed by atoms with Gasteiger partial charge in [0.05, 0.1) is 21.7 Å². The number of nitrogens with zero attached hydrogens (tertiary/aromatic N) is 2. The Labute approximate surface area is 307 Å². The van der Waals surface area contributed by atoms with Gasteiger partial charge >= 0.3 is 0 Å². The minimum absolute atomic E-state index is 0.484. The van der Waals surface area contributed by atoms with E-state index in [-0.39, 0.29) is 0 Å². The van der Waals surface area contributed by atoms with Gasteiger partial charge in [-0.15, -0.1) is 11.3 Å². The highest BCUT2D eigenvalue weighted by Crippen LogP contribution is 2.58. The highest BCUT2D eigenvalue weighted by molar-refractivity contribution is 7.22. The van der Waals surface area contributed by atoms with E-state index in [0.717, 1.165) is 33.2 Å². The van der Waals surface area contributed by atoms with Crippen LogP contribution in [-0.2, 0) is 5.41 Å². The maximum atomic E-state index is 5.40. The molecule has 2 aromatic heterocycles. The van der Waals surface area contributed by atoms with Crippen molar-refractivity contribution in [1.82, 2.24) is 9.97 Å². The molecule has 0 aliphatic heterocycles. The van der Waals surface area contributed by atoms with E-state index >= 15 is 0 Å². The molecule has 52 heavy (non-hydrogen) atoms. The Morgan fingerprint density at radius 2 is 0.962 bits per heavy atom. The Bertz CT molecular complexity index is 2640. The summed E-state index contributed by atoms with van der Waals surface area (Å²) >= 11 is 1.74. The number of hydrogen-bond donors (Lipinski definition) is 0. The number of benzene rings is 7. The van der Waals surface area contributed by atoms with Crippen LogP contribution in [0.15, 0.2) is 194 Å². The average molecular weight is 681 g/mol. The zero-order valence-electron chi connectivity index (χ0n) is 28.3. The molecule has 0 radical (unpaired) electrons. The van der Waals surface area contributed by atoms with Crippen LogP contribution in [0, 0.1) is 0 Å². The van der Waals surface area contributed by atoms with Gasteiger partial charge in [-0.1, -0.05) is 176 Å². The second kappa shape index (κ2) is 12.4. The summed E-state index contributed by atoms with van der Waals surface area (Å²) in [6.45, 7) is 0. The molecule has 3 heteroatoms. The second-order valence-electron chi connectivity index (χ2n) is 13.3. The molecule has 1 aliphatic carbocycles. The number of aromatic nitrogens is 2. The predicted octanol–water partition coefficient (Wildman–Crippen LogP) is 12.7. The van der Waals surface area contributed by atoms with Gasteiger partial charge in [0.15, 0.2) is 5.82 Å². The predicted molar refractivity (Wildman–Crippen MR) is 216 cm³/mol. The Morgan fingerprint density at radius 1 is 0.404 bits per heavy atom. The smallest absolute Gasteiger partial charge is 0.170 e. The average Bonchev–Trinajstić information content (AvgIpc) is 3.80. The zero-order valence-corrected chi connectivity index (χ0v) is 29.1. The minimum Gasteiger partial charge on any atom is -0.227 e. The molecule has 0 amide bonds. The Kier molecular flexibility index (Phi) is 7.26. The Balaban J connectivity index is 1.22. The molecule has 1 aliphatic rings. The SMILES string of the molecule is c1ccc(-c2ccc(-c3cc(-c4cccc5c4-c4ccccc4C5(c4ccccc4)c4ccccc4)nc(-c4cc5ccccc5s4)n3)cc2)cc1. The molecular weight excluding hydrogens is 649 g/mol. The molecule has 7 aromatic carbocycles. The van der Waals surface area contributed by atoms with Crippen molar-refractivity contribution in [3.8, 4) is 55.5 Å². The van der Waals surface area contributed by atoms with Crippen LogP contribution in [0.2, 0.25) is 0 Å². The van der Waals surface area contributed by atoms with Gasteiger partial charge in [0, 0.05) is 15.8 Å². The molecule has 0 saturated carbocycles. The summed E-state index contributed by atoms with van der Waals surface area (Å²) < 4.78 is 1.23. The number of rotatable bonds is 6. The summed E-state index contributed by atoms with van der Waals surface area (Å²) in [6, 6.07) is 69.8. The maximum absolute atomic E-state index is 5.40. The van der Waals surface area contributed by atoms with Crippen LogP contribution < -0.4 is 0 Å². The molecule has 0 spiro atoms. The molecule has 0 atom stereocenters. The normalized spacial score (nSPS) is 12.8. The fourth-order valence-corrected chi connectivity index (χ4v) is 9.10. The van der Waals surface area contributed by atoms with Gasteiger partial charge in [-0.2, -0.15) is 0 Å². The van der Waals surface area contributed by atoms with Crippen LogP contribution >= 0.6 is 11.3 Å². The topological polar surface area (TPSA) is 25.8 Å². The first-order valence-corrected chi connectivity index (χ1v) is 18.5. The third-order valence-electron chi connectivity index (χ3n) is 10.4. The number of fused-ring (bicyclic) bond motifs is 4. The van der Waals surface area contributed by atoms with E-state index in [9.17, 15) is 0 Å². The molecule has 0 saturated heterocycles. The third kappa shape index (κ3) is 4.85. The van der Waals surface area contributed by atoms with Crippen molar-refractivity contribution < 1.29 is 0 Å². The van der Waals surface area contributed by atoms with Crippen molar-refractivity contribution in [1.29, 1.82) is 0 Å². The van der Waals surface area contributed by atoms with Crippen molar-refractivity contribution in [2.45, 2.75) is 5.41 Å². The summed E-state index contributed by atoms with van der Waals surface area (Å²) in [5.41, 5.74) is 13.4. The highest BCUT2D eigenvalue weighted by Gasteiger charge is 2.46. The molecule has 0 bridgehead atoms. The first-order chi connectivity index (χ1) is 25.8. The summed E-state index contributed by atoms with van der Waals surface area (Å²) in [5.74, 6) is 0.738. The monoisotopic (exact) mass is 680 g/mol. The van der Waals surface area contributed by atoms with E-state index in [2.05, 4.69) is 194 Å². The standard InChI is InChI=1S/C49H32N2S/c1-4-15-33(16-5-1)34-27-29-35(30-28-34)43-32-44(51-48(50-43)46-31-36-17-10-13-26-45(36)52-46)40-23-14-25-42-47(40)39-22-11-12-24-41(39)49(42,37-18-6-2-7-19-37)38-20-8-3-9-21-38/h1-32H. The lowest BCUT2D eigenvalue weighted by Crippen LogP contribution is -2.28. The summed E-state index contributed by atoms with van der Waals surface area (Å²) in [7, 11) is 0. The third-order valence-corrected chi connectivity index (χ3v) is 11.5. The van der Waals surface area contributed by atoms with E-state index in [1.54, 1.807) is 11.3 Å². The van der Waals surface area contributed by atoms with Crippen LogP contribution in [-0.4, -0.2) is 9.97 Å². The molecule has 0 N–H and O–H groups in total. The molecule has 9 aromatic rings. The van der Waals surface area contributed by atoms with E-state index in [4.69, 9.17) is 9.97 Å². The summed E-state index contributed by atoms with van der Waals surface area (Å²) in [4.78, 5) is 11.7. The molecular formula is C49H32N2S. The molecule has 2 heterocycles. The fraction of sp³-hybridized carbons (Fsp3) is 0.0204. The fourth-order valence-electron chi connectivity index (χ4n) is 8.11. The van der Waals surface area contributed by atoms with Crippen LogP contribution in [0.4, 0.5) is 0 Å². The molecule has 0 unspecified atom stereocenters. The lowest BCUT2D eigenvalue weighted by Gasteiger charge is -2.33. The minimum atomic E-state index is -0.484. The van der Waals surface area contributed by atoms with Crippen LogP contribution in [0.3, 0.4) is 0 Å². The lowest BCUT2D eigenvalue weighted by atomic mass is 9.67. The van der Waals surface area contributed by atoms with E-state index < -0.39 is 5.41 Å². The van der Waals surface area contributed by atoms with Gasteiger partial charge < -0.3 is 0 Å². The quantitative estimate of drug-likeness (QED) is 0.175. The van der Waals surface area contributed by atoms with E-state index in [1.165, 1.54) is 54.6 Å². The van der Waals surface area contributed by atoms with Crippen molar-refractivity contribution in [2.24, 2.45) is 0 Å². The van der Waals surface area contributed by atoms with Gasteiger partial charge in [0.2, 0.25) is 0 Å². The molecule has 2 nitrogen and oxygen atoms in total. The second-order valence-corrected chi connectivity index (χ2v) is 14.4. The summed E-state index contributed by atoms with van der Waals surface area (Å²) in [6.07, 6.45) is 0. The molecule has 244 valence electrons. The van der Waals surface area contributed by atoms with E-state index in [1.807, 2.05) is 0 Å². The first kappa shape index (κ1) is 30.4. The van der Waals surface area contributed by atoms with Crippen LogP contribution in [0.25, 0.3) is 65.6 Å². The van der Waals surface area contributed by atoms with Crippen molar-refractivity contribution in [3.05, 3.63) is 216 Å². The molecule has 10 rings (SSSR count). The summed E-state index contributed by atoms with van der Waals surface area (Å²) in [5, 5.41) is 1.20. The largest absolute Gasteiger partial charge is 0.227 e. The van der Waals surface area contributed by atoms with Gasteiger partial charge in [-0.3, -0.25) is 0 Å². The van der Waals surface area contributed by atoms with E-state index in [0.29, 0.717) is 0 Å². The van der Waals surface area contributed by atoms with Gasteiger partial charge in [0.25, 0.3) is 0 Å². The number of thiophene rings is 1. The van der Waals surface area contributed by atoms with Crippen molar-refractivity contribution in [3.63, 3.8) is 0 Å². The van der Waals surface area contributed by atoms with Crippen molar-refractivity contribution in [2.75, 3.05) is 0 Å². The molecule has 0 fully saturated rings. The maximum Gasteiger partial charge on any atom is 0.170 e. The number of hydrogen-bond acceptors (Lipinski definition) is 3. The van der Waals surface area contributed by atoms with Gasteiger partial charge in [-0.25, -0.2) is 9.97 Å². The lowest BCUT2D eigenvalue weighted by molar-refractivity contribution is 0.768. The highest BCUT2D eigenvalue weighted by atomic mass is 32.1. The van der Waals surface area contributed by atoms with Gasteiger partial charge in [-0.05, 0) is 68.1 Å². The zero-order chi connectivity index (χ0) is 34.5. The van der Waals surface area contributed by atoms with Crippen LogP contribution in [0.1, 0.15) is 22.3 Å². The first-order valence-electron chi connectivity index (χ1n) is 17.7. The Morgan fingerprint density at radius 3 is 1.69 bits per heavy atom. The van der Waals surface area contributed by atoms with Gasteiger partial charge in [0.1, 0.15) is 0 Å². The van der Waals surface area contributed by atoms with Crippen molar-refractivity contribution >= 4 is 21.4 Å². The van der Waals surface area contributed by atoms with Crippen LogP contribution in [0.5, 0.6) is 0 Å².